The van der Waals surface area contributed by atoms with Crippen LogP contribution in [-0.4, -0.2) is 62.5 Å². The molecule has 2 saturated heterocycles. The molecule has 1 atom stereocenters. The molecule has 3 aromatic heterocycles. The van der Waals surface area contributed by atoms with E-state index in [1.54, 1.807) is 17.7 Å². The summed E-state index contributed by atoms with van der Waals surface area (Å²) in [5.74, 6) is 1.63. The number of fused-ring (bicyclic) bond motifs is 1. The van der Waals surface area contributed by atoms with Gasteiger partial charge in [-0.25, -0.2) is 9.97 Å². The Balaban J connectivity index is 1.30. The predicted octanol–water partition coefficient (Wildman–Crippen LogP) is 3.35. The highest BCUT2D eigenvalue weighted by Crippen LogP contribution is 2.46. The van der Waals surface area contributed by atoms with E-state index in [4.69, 9.17) is 0 Å². The second-order valence-electron chi connectivity index (χ2n) is 9.51. The van der Waals surface area contributed by atoms with Crippen molar-refractivity contribution >= 4 is 27.4 Å². The number of hydrogen-bond acceptors (Lipinski definition) is 7. The van der Waals surface area contributed by atoms with Crippen LogP contribution in [0.4, 0.5) is 5.82 Å². The van der Waals surface area contributed by atoms with Crippen molar-refractivity contribution in [2.75, 3.05) is 37.7 Å². The van der Waals surface area contributed by atoms with Gasteiger partial charge in [0.1, 0.15) is 17.0 Å². The SMILES string of the molecule is CCc1cc2c(N3CCC4(C3)CN(C(c3cnn(CCO)c3)C(C)C)C4)ncnc2s1. The third-order valence-electron chi connectivity index (χ3n) is 6.87. The summed E-state index contributed by atoms with van der Waals surface area (Å²) in [6.45, 7) is 11.8. The van der Waals surface area contributed by atoms with Crippen LogP contribution >= 0.6 is 11.3 Å². The number of rotatable bonds is 7. The lowest BCUT2D eigenvalue weighted by atomic mass is 9.76. The maximum absolute atomic E-state index is 9.20. The maximum atomic E-state index is 9.20. The number of anilines is 1. The molecule has 0 saturated carbocycles. The molecule has 7 nitrogen and oxygen atoms in total. The molecule has 2 aliphatic rings. The Hall–Kier alpha value is -2.03. The van der Waals surface area contributed by atoms with Crippen molar-refractivity contribution < 1.29 is 5.11 Å². The normalized spacial score (nSPS) is 19.6. The van der Waals surface area contributed by atoms with E-state index >= 15 is 0 Å². The number of thiophene rings is 1. The van der Waals surface area contributed by atoms with Crippen molar-refractivity contribution in [3.63, 3.8) is 0 Å². The van der Waals surface area contributed by atoms with Crippen LogP contribution in [0.15, 0.2) is 24.8 Å². The zero-order valence-electron chi connectivity index (χ0n) is 18.7. The van der Waals surface area contributed by atoms with E-state index in [2.05, 4.69) is 57.9 Å². The summed E-state index contributed by atoms with van der Waals surface area (Å²) in [6, 6.07) is 2.66. The Labute approximate surface area is 187 Å². The van der Waals surface area contributed by atoms with Crippen LogP contribution in [0.2, 0.25) is 0 Å². The van der Waals surface area contributed by atoms with Gasteiger partial charge in [0, 0.05) is 54.3 Å². The molecule has 3 aromatic rings. The van der Waals surface area contributed by atoms with E-state index in [1.165, 1.54) is 22.2 Å². The van der Waals surface area contributed by atoms with E-state index in [1.807, 2.05) is 10.9 Å². The average Bonchev–Trinajstić information content (AvgIpc) is 3.45. The molecule has 1 N–H and O–H groups in total. The van der Waals surface area contributed by atoms with Crippen molar-refractivity contribution in [1.82, 2.24) is 24.6 Å². The fourth-order valence-electron chi connectivity index (χ4n) is 5.48. The molecule has 0 bridgehead atoms. The number of aliphatic hydroxyl groups is 1. The zero-order chi connectivity index (χ0) is 21.6. The molecule has 0 aliphatic carbocycles. The fourth-order valence-corrected chi connectivity index (χ4v) is 6.41. The van der Waals surface area contributed by atoms with Gasteiger partial charge in [0.25, 0.3) is 0 Å². The minimum absolute atomic E-state index is 0.121. The molecule has 166 valence electrons. The van der Waals surface area contributed by atoms with Gasteiger partial charge in [-0.1, -0.05) is 20.8 Å². The van der Waals surface area contributed by atoms with Gasteiger partial charge in [-0.3, -0.25) is 9.58 Å². The first-order valence-corrected chi connectivity index (χ1v) is 12.2. The van der Waals surface area contributed by atoms with Crippen molar-refractivity contribution in [2.24, 2.45) is 11.3 Å². The Morgan fingerprint density at radius 3 is 2.81 bits per heavy atom. The average molecular weight is 441 g/mol. The molecule has 0 radical (unpaired) electrons. The van der Waals surface area contributed by atoms with Gasteiger partial charge >= 0.3 is 0 Å². The van der Waals surface area contributed by atoms with Crippen LogP contribution in [-0.2, 0) is 13.0 Å². The molecule has 31 heavy (non-hydrogen) atoms. The third-order valence-corrected chi connectivity index (χ3v) is 8.06. The summed E-state index contributed by atoms with van der Waals surface area (Å²) in [5.41, 5.74) is 1.62. The molecule has 1 unspecified atom stereocenters. The van der Waals surface area contributed by atoms with Crippen molar-refractivity contribution in [3.05, 3.63) is 35.2 Å². The van der Waals surface area contributed by atoms with Crippen molar-refractivity contribution in [1.29, 1.82) is 0 Å². The number of aryl methyl sites for hydroxylation is 1. The first-order chi connectivity index (χ1) is 15.0. The number of aliphatic hydroxyl groups excluding tert-OH is 1. The highest BCUT2D eigenvalue weighted by atomic mass is 32.1. The van der Waals surface area contributed by atoms with Gasteiger partial charge in [-0.15, -0.1) is 11.3 Å². The molecular weight excluding hydrogens is 408 g/mol. The smallest absolute Gasteiger partial charge is 0.140 e. The lowest BCUT2D eigenvalue weighted by Gasteiger charge is -2.52. The lowest BCUT2D eigenvalue weighted by molar-refractivity contribution is -0.0321. The summed E-state index contributed by atoms with van der Waals surface area (Å²) in [7, 11) is 0. The highest BCUT2D eigenvalue weighted by molar-refractivity contribution is 7.18. The first-order valence-electron chi connectivity index (χ1n) is 11.4. The fraction of sp³-hybridized carbons (Fsp3) is 0.609. The molecule has 2 aliphatic heterocycles. The van der Waals surface area contributed by atoms with E-state index in [0.29, 0.717) is 23.9 Å². The van der Waals surface area contributed by atoms with Crippen LogP contribution in [0, 0.1) is 11.3 Å². The van der Waals surface area contributed by atoms with E-state index < -0.39 is 0 Å². The topological polar surface area (TPSA) is 70.3 Å². The number of likely N-dealkylation sites (tertiary alicyclic amines) is 1. The molecule has 8 heteroatoms. The Morgan fingerprint density at radius 1 is 1.23 bits per heavy atom. The van der Waals surface area contributed by atoms with Gasteiger partial charge in [0.05, 0.1) is 24.7 Å². The Bertz CT molecular complexity index is 1050. The molecule has 5 rings (SSSR count). The molecule has 0 amide bonds. The van der Waals surface area contributed by atoms with Crippen LogP contribution in [0.3, 0.4) is 0 Å². The van der Waals surface area contributed by atoms with Gasteiger partial charge < -0.3 is 10.0 Å². The minimum Gasteiger partial charge on any atom is -0.394 e. The van der Waals surface area contributed by atoms with Crippen LogP contribution in [0.1, 0.15) is 43.7 Å². The Kier molecular flexibility index (Phi) is 5.48. The lowest BCUT2D eigenvalue weighted by Crippen LogP contribution is -2.59. The quantitative estimate of drug-likeness (QED) is 0.608. The van der Waals surface area contributed by atoms with Gasteiger partial charge in [-0.05, 0) is 24.8 Å². The summed E-state index contributed by atoms with van der Waals surface area (Å²) >= 11 is 1.79. The van der Waals surface area contributed by atoms with Gasteiger partial charge in [-0.2, -0.15) is 5.10 Å². The van der Waals surface area contributed by atoms with Gasteiger partial charge in [0.15, 0.2) is 0 Å². The number of hydrogen-bond donors (Lipinski definition) is 1. The van der Waals surface area contributed by atoms with Crippen molar-refractivity contribution in [3.8, 4) is 0 Å². The molecule has 5 heterocycles. The second-order valence-corrected chi connectivity index (χ2v) is 10.6. The molecule has 0 aromatic carbocycles. The van der Waals surface area contributed by atoms with Crippen molar-refractivity contribution in [2.45, 2.75) is 46.2 Å². The summed E-state index contributed by atoms with van der Waals surface area (Å²) < 4.78 is 1.85. The molecule has 2 fully saturated rings. The van der Waals surface area contributed by atoms with E-state index in [0.717, 1.165) is 43.2 Å². The van der Waals surface area contributed by atoms with Crippen LogP contribution in [0.5, 0.6) is 0 Å². The molecular formula is C23H32N6OS. The largest absolute Gasteiger partial charge is 0.394 e. The number of aromatic nitrogens is 4. The summed E-state index contributed by atoms with van der Waals surface area (Å²) in [5, 5.41) is 14.9. The summed E-state index contributed by atoms with van der Waals surface area (Å²) in [4.78, 5) is 16.8. The van der Waals surface area contributed by atoms with Crippen LogP contribution < -0.4 is 4.90 Å². The monoisotopic (exact) mass is 440 g/mol. The maximum Gasteiger partial charge on any atom is 0.140 e. The predicted molar refractivity (Wildman–Crippen MR) is 125 cm³/mol. The van der Waals surface area contributed by atoms with E-state index in [-0.39, 0.29) is 6.61 Å². The minimum atomic E-state index is 0.121. The molecule has 1 spiro atoms. The third kappa shape index (κ3) is 3.75. The number of nitrogens with zero attached hydrogens (tertiary/aromatic N) is 6. The van der Waals surface area contributed by atoms with E-state index in [9.17, 15) is 5.11 Å². The van der Waals surface area contributed by atoms with Crippen LogP contribution in [0.25, 0.3) is 10.2 Å². The Morgan fingerprint density at radius 2 is 2.06 bits per heavy atom. The second kappa shape index (κ2) is 8.15. The van der Waals surface area contributed by atoms with Gasteiger partial charge in [0.2, 0.25) is 0 Å². The first kappa shape index (κ1) is 20.8. The standard InChI is InChI=1S/C23H32N6OS/c1-4-18-9-19-21(24-15-25-22(19)31-18)27-6-5-23(12-27)13-28(14-23)20(16(2)3)17-10-26-29(11-17)7-8-30/h9-11,15-16,20,30H,4-8,12-14H2,1-3H3. The zero-order valence-corrected chi connectivity index (χ0v) is 19.5. The highest BCUT2D eigenvalue weighted by Gasteiger charge is 2.50. The summed E-state index contributed by atoms with van der Waals surface area (Å²) in [6.07, 6.45) is 8.07.